The highest BCUT2D eigenvalue weighted by Crippen LogP contribution is 2.30. The van der Waals surface area contributed by atoms with Crippen LogP contribution in [0.2, 0.25) is 0 Å². The second kappa shape index (κ2) is 8.66. The Labute approximate surface area is 156 Å². The van der Waals surface area contributed by atoms with Crippen molar-refractivity contribution in [3.05, 3.63) is 61.2 Å². The standard InChI is InChI=1S/C20H19N3O4/c1-3-11-21-18(24)13-26-17-10-5-4-9-16(17)19-22-20(27-23-19)14-7-6-8-15(12-14)25-2/h3-10,12H,1,11,13H2,2H3,(H,21,24). The van der Waals surface area contributed by atoms with E-state index < -0.39 is 0 Å². The summed E-state index contributed by atoms with van der Waals surface area (Å²) in [6.45, 7) is 3.82. The third-order valence-corrected chi connectivity index (χ3v) is 3.67. The van der Waals surface area contributed by atoms with Gasteiger partial charge in [0.05, 0.1) is 12.7 Å². The summed E-state index contributed by atoms with van der Waals surface area (Å²) in [5.41, 5.74) is 1.38. The normalized spacial score (nSPS) is 10.3. The maximum absolute atomic E-state index is 11.7. The molecule has 0 aliphatic carbocycles. The van der Waals surface area contributed by atoms with Gasteiger partial charge in [0.15, 0.2) is 6.61 Å². The molecule has 7 nitrogen and oxygen atoms in total. The minimum absolute atomic E-state index is 0.120. The lowest BCUT2D eigenvalue weighted by Crippen LogP contribution is -2.28. The summed E-state index contributed by atoms with van der Waals surface area (Å²) in [6, 6.07) is 14.5. The molecule has 138 valence electrons. The number of para-hydroxylation sites is 1. The van der Waals surface area contributed by atoms with Crippen LogP contribution in [0.1, 0.15) is 0 Å². The van der Waals surface area contributed by atoms with Gasteiger partial charge >= 0.3 is 0 Å². The van der Waals surface area contributed by atoms with E-state index in [1.54, 1.807) is 25.3 Å². The van der Waals surface area contributed by atoms with Crippen molar-refractivity contribution in [3.8, 4) is 34.3 Å². The molecule has 3 rings (SSSR count). The molecule has 3 aromatic rings. The number of aromatic nitrogens is 2. The average Bonchev–Trinajstić information content (AvgIpc) is 3.21. The lowest BCUT2D eigenvalue weighted by molar-refractivity contribution is -0.122. The van der Waals surface area contributed by atoms with Gasteiger partial charge in [-0.25, -0.2) is 0 Å². The highest BCUT2D eigenvalue weighted by Gasteiger charge is 2.15. The maximum Gasteiger partial charge on any atom is 0.258 e. The topological polar surface area (TPSA) is 86.5 Å². The van der Waals surface area contributed by atoms with Gasteiger partial charge in [0.1, 0.15) is 11.5 Å². The monoisotopic (exact) mass is 365 g/mol. The van der Waals surface area contributed by atoms with E-state index in [2.05, 4.69) is 22.0 Å². The zero-order chi connectivity index (χ0) is 19.1. The minimum atomic E-state index is -0.241. The van der Waals surface area contributed by atoms with Gasteiger partial charge in [0, 0.05) is 12.1 Å². The Morgan fingerprint density at radius 1 is 1.26 bits per heavy atom. The second-order valence-electron chi connectivity index (χ2n) is 5.53. The summed E-state index contributed by atoms with van der Waals surface area (Å²) in [5, 5.41) is 6.69. The molecule has 0 aliphatic rings. The van der Waals surface area contributed by atoms with Gasteiger partial charge in [-0.2, -0.15) is 4.98 Å². The van der Waals surface area contributed by atoms with E-state index >= 15 is 0 Å². The first-order valence-electron chi connectivity index (χ1n) is 8.29. The molecule has 0 radical (unpaired) electrons. The predicted octanol–water partition coefficient (Wildman–Crippen LogP) is 3.09. The van der Waals surface area contributed by atoms with Crippen LogP contribution < -0.4 is 14.8 Å². The molecule has 1 N–H and O–H groups in total. The molecule has 0 atom stereocenters. The van der Waals surface area contributed by atoms with Crippen LogP contribution in [-0.2, 0) is 4.79 Å². The summed E-state index contributed by atoms with van der Waals surface area (Å²) in [7, 11) is 1.59. The molecule has 0 unspecified atom stereocenters. The first kappa shape index (κ1) is 18.2. The van der Waals surface area contributed by atoms with Gasteiger partial charge in [-0.05, 0) is 30.3 Å². The first-order valence-corrected chi connectivity index (χ1v) is 8.29. The predicted molar refractivity (Wildman–Crippen MR) is 100 cm³/mol. The lowest BCUT2D eigenvalue weighted by atomic mass is 10.2. The number of ether oxygens (including phenoxy) is 2. The maximum atomic E-state index is 11.7. The summed E-state index contributed by atoms with van der Waals surface area (Å²) < 4.78 is 16.2. The molecule has 0 saturated carbocycles. The van der Waals surface area contributed by atoms with E-state index in [1.807, 2.05) is 36.4 Å². The Morgan fingerprint density at radius 3 is 2.93 bits per heavy atom. The molecule has 0 fully saturated rings. The molecule has 1 heterocycles. The number of hydrogen-bond donors (Lipinski definition) is 1. The molecule has 0 bridgehead atoms. The van der Waals surface area contributed by atoms with Gasteiger partial charge in [0.2, 0.25) is 5.82 Å². The van der Waals surface area contributed by atoms with Crippen LogP contribution in [-0.4, -0.2) is 36.3 Å². The van der Waals surface area contributed by atoms with Gasteiger partial charge in [-0.1, -0.05) is 29.4 Å². The Balaban J connectivity index is 1.80. The molecule has 27 heavy (non-hydrogen) atoms. The van der Waals surface area contributed by atoms with Crippen molar-refractivity contribution < 1.29 is 18.8 Å². The fourth-order valence-corrected chi connectivity index (χ4v) is 2.36. The van der Waals surface area contributed by atoms with Crippen molar-refractivity contribution in [2.75, 3.05) is 20.3 Å². The molecule has 0 saturated heterocycles. The number of carbonyl (C=O) groups excluding carboxylic acids is 1. The summed E-state index contributed by atoms with van der Waals surface area (Å²) in [6.07, 6.45) is 1.60. The lowest BCUT2D eigenvalue weighted by Gasteiger charge is -2.09. The first-order chi connectivity index (χ1) is 13.2. The van der Waals surface area contributed by atoms with Crippen molar-refractivity contribution in [2.24, 2.45) is 0 Å². The van der Waals surface area contributed by atoms with Crippen molar-refractivity contribution in [1.29, 1.82) is 0 Å². The molecule has 2 aromatic carbocycles. The third kappa shape index (κ3) is 4.52. The van der Waals surface area contributed by atoms with Crippen LogP contribution in [0.3, 0.4) is 0 Å². The molecule has 7 heteroatoms. The zero-order valence-electron chi connectivity index (χ0n) is 14.8. The molecule has 0 spiro atoms. The van der Waals surface area contributed by atoms with Gasteiger partial charge in [0.25, 0.3) is 11.8 Å². The van der Waals surface area contributed by atoms with Crippen LogP contribution in [0.15, 0.2) is 65.7 Å². The number of hydrogen-bond acceptors (Lipinski definition) is 6. The fraction of sp³-hybridized carbons (Fsp3) is 0.150. The third-order valence-electron chi connectivity index (χ3n) is 3.67. The van der Waals surface area contributed by atoms with E-state index in [0.29, 0.717) is 35.3 Å². The van der Waals surface area contributed by atoms with E-state index in [0.717, 1.165) is 5.56 Å². The van der Waals surface area contributed by atoms with E-state index in [4.69, 9.17) is 14.0 Å². The minimum Gasteiger partial charge on any atom is -0.497 e. The number of nitrogens with zero attached hydrogens (tertiary/aromatic N) is 2. The Kier molecular flexibility index (Phi) is 5.84. The molecule has 1 amide bonds. The highest BCUT2D eigenvalue weighted by molar-refractivity contribution is 5.78. The van der Waals surface area contributed by atoms with E-state index in [1.165, 1.54) is 0 Å². The van der Waals surface area contributed by atoms with Crippen LogP contribution in [0.5, 0.6) is 11.5 Å². The molecular weight excluding hydrogens is 346 g/mol. The average molecular weight is 365 g/mol. The number of nitrogens with one attached hydrogen (secondary N) is 1. The van der Waals surface area contributed by atoms with E-state index in [9.17, 15) is 4.79 Å². The van der Waals surface area contributed by atoms with Gasteiger partial charge in [-0.15, -0.1) is 6.58 Å². The Bertz CT molecular complexity index is 936. The summed E-state index contributed by atoms with van der Waals surface area (Å²) in [5.74, 6) is 1.68. The highest BCUT2D eigenvalue weighted by atomic mass is 16.5. The number of carbonyl (C=O) groups is 1. The number of amides is 1. The largest absolute Gasteiger partial charge is 0.497 e. The Morgan fingerprint density at radius 2 is 2.11 bits per heavy atom. The van der Waals surface area contributed by atoms with Crippen LogP contribution in [0.4, 0.5) is 0 Å². The summed E-state index contributed by atoms with van der Waals surface area (Å²) >= 11 is 0. The van der Waals surface area contributed by atoms with Crippen LogP contribution in [0.25, 0.3) is 22.8 Å². The molecular formula is C20H19N3O4. The van der Waals surface area contributed by atoms with Crippen LogP contribution in [0, 0.1) is 0 Å². The second-order valence-corrected chi connectivity index (χ2v) is 5.53. The van der Waals surface area contributed by atoms with Crippen molar-refractivity contribution in [1.82, 2.24) is 15.5 Å². The van der Waals surface area contributed by atoms with Crippen LogP contribution >= 0.6 is 0 Å². The van der Waals surface area contributed by atoms with Gasteiger partial charge < -0.3 is 19.3 Å². The van der Waals surface area contributed by atoms with E-state index in [-0.39, 0.29) is 12.5 Å². The molecule has 0 aliphatic heterocycles. The van der Waals surface area contributed by atoms with Crippen molar-refractivity contribution in [2.45, 2.75) is 0 Å². The zero-order valence-corrected chi connectivity index (χ0v) is 14.8. The SMILES string of the molecule is C=CCNC(=O)COc1ccccc1-c1noc(-c2cccc(OC)c2)n1. The Hall–Kier alpha value is -3.61. The fourth-order valence-electron chi connectivity index (χ4n) is 2.36. The number of methoxy groups -OCH3 is 1. The summed E-state index contributed by atoms with van der Waals surface area (Å²) in [4.78, 5) is 16.2. The van der Waals surface area contributed by atoms with Crippen molar-refractivity contribution in [3.63, 3.8) is 0 Å². The number of benzene rings is 2. The molecule has 1 aromatic heterocycles. The quantitative estimate of drug-likeness (QED) is 0.617. The van der Waals surface area contributed by atoms with Crippen molar-refractivity contribution >= 4 is 5.91 Å². The smallest absolute Gasteiger partial charge is 0.258 e. The van der Waals surface area contributed by atoms with Gasteiger partial charge in [-0.3, -0.25) is 4.79 Å². The number of rotatable bonds is 8.